The van der Waals surface area contributed by atoms with E-state index in [1.807, 2.05) is 31.2 Å². The summed E-state index contributed by atoms with van der Waals surface area (Å²) in [6.45, 7) is 2.03. The van der Waals surface area contributed by atoms with Crippen LogP contribution in [0.3, 0.4) is 0 Å². The molecule has 3 aromatic rings. The number of halogens is 1. The van der Waals surface area contributed by atoms with Crippen LogP contribution in [0.4, 0.5) is 4.39 Å². The largest absolute Gasteiger partial charge is 0.469 e. The maximum atomic E-state index is 13.7. The summed E-state index contributed by atoms with van der Waals surface area (Å²) in [6.07, 6.45) is 3.44. The van der Waals surface area contributed by atoms with Gasteiger partial charge in [-0.3, -0.25) is 9.78 Å². The molecule has 0 aliphatic heterocycles. The van der Waals surface area contributed by atoms with Crippen LogP contribution in [-0.2, 0) is 9.53 Å². The van der Waals surface area contributed by atoms with E-state index >= 15 is 0 Å². The Morgan fingerprint density at radius 1 is 1.21 bits per heavy atom. The minimum Gasteiger partial charge on any atom is -0.469 e. The number of ether oxygens (including phenoxy) is 1. The number of rotatable bonds is 8. The Balaban J connectivity index is 1.78. The van der Waals surface area contributed by atoms with Gasteiger partial charge in [0.25, 0.3) is 0 Å². The molecule has 1 heterocycles. The number of hydrogen-bond acceptors (Lipinski definition) is 5. The number of carbonyl (C=O) groups is 1. The first kappa shape index (κ1) is 23.1. The van der Waals surface area contributed by atoms with Crippen molar-refractivity contribution in [1.82, 2.24) is 4.98 Å². The summed E-state index contributed by atoms with van der Waals surface area (Å²) in [7, 11) is 1.26. The minimum atomic E-state index is -1.01. The number of methoxy groups -OCH3 is 1. The van der Waals surface area contributed by atoms with Gasteiger partial charge in [0, 0.05) is 28.9 Å². The molecule has 6 heteroatoms. The molecule has 172 valence electrons. The Morgan fingerprint density at radius 2 is 1.94 bits per heavy atom. The highest BCUT2D eigenvalue weighted by Crippen LogP contribution is 2.45. The van der Waals surface area contributed by atoms with Crippen molar-refractivity contribution in [3.63, 3.8) is 0 Å². The van der Waals surface area contributed by atoms with Gasteiger partial charge in [-0.05, 0) is 43.0 Å². The molecular weight excluding hydrogens is 421 g/mol. The standard InChI is InChI=1S/C27H28FNO4/c1-16-4-3-5-22-25(17-8-10-19(28)11-9-17)23(27(18-6-7-18)29-26(16)22)13-12-20(30)14-21(31)15-24(32)33-2/h3-5,8-13,18,20-21,30-31H,6-7,14-15H2,1-2H3/b13-12+/t20-,21-/m1/s1. The van der Waals surface area contributed by atoms with Crippen LogP contribution in [0.2, 0.25) is 0 Å². The third kappa shape index (κ3) is 5.29. The van der Waals surface area contributed by atoms with E-state index in [2.05, 4.69) is 4.74 Å². The summed E-state index contributed by atoms with van der Waals surface area (Å²) in [5.74, 6) is -0.486. The van der Waals surface area contributed by atoms with Crippen molar-refractivity contribution >= 4 is 22.9 Å². The highest BCUT2D eigenvalue weighted by atomic mass is 19.1. The fourth-order valence-corrected chi connectivity index (χ4v) is 4.15. The molecule has 2 atom stereocenters. The fraction of sp³-hybridized carbons (Fsp3) is 0.333. The lowest BCUT2D eigenvalue weighted by Gasteiger charge is -2.17. The van der Waals surface area contributed by atoms with Crippen molar-refractivity contribution in [3.05, 3.63) is 71.2 Å². The van der Waals surface area contributed by atoms with Gasteiger partial charge in [-0.2, -0.15) is 0 Å². The zero-order valence-electron chi connectivity index (χ0n) is 18.8. The molecule has 33 heavy (non-hydrogen) atoms. The van der Waals surface area contributed by atoms with Gasteiger partial charge in [-0.1, -0.05) is 42.5 Å². The second kappa shape index (κ2) is 9.81. The van der Waals surface area contributed by atoms with Gasteiger partial charge in [0.15, 0.2) is 0 Å². The number of para-hydroxylation sites is 1. The molecule has 2 aromatic carbocycles. The van der Waals surface area contributed by atoms with Gasteiger partial charge in [-0.25, -0.2) is 4.39 Å². The molecule has 1 aliphatic rings. The average molecular weight is 450 g/mol. The second-order valence-corrected chi connectivity index (χ2v) is 8.63. The monoisotopic (exact) mass is 449 g/mol. The van der Waals surface area contributed by atoms with Crippen molar-refractivity contribution < 1.29 is 24.1 Å². The van der Waals surface area contributed by atoms with Crippen LogP contribution < -0.4 is 0 Å². The summed E-state index contributed by atoms with van der Waals surface area (Å²) in [5, 5.41) is 21.5. The van der Waals surface area contributed by atoms with Gasteiger partial charge in [0.2, 0.25) is 0 Å². The van der Waals surface area contributed by atoms with Crippen LogP contribution in [0, 0.1) is 12.7 Å². The summed E-state index contributed by atoms with van der Waals surface area (Å²) in [6, 6.07) is 12.4. The van der Waals surface area contributed by atoms with E-state index in [0.29, 0.717) is 5.92 Å². The zero-order valence-corrected chi connectivity index (χ0v) is 18.8. The molecule has 0 spiro atoms. The average Bonchev–Trinajstić information content (AvgIpc) is 3.63. The first-order chi connectivity index (χ1) is 15.9. The normalized spacial score (nSPS) is 15.7. The number of hydrogen-bond donors (Lipinski definition) is 2. The summed E-state index contributed by atoms with van der Waals surface area (Å²) >= 11 is 0. The number of nitrogens with zero attached hydrogens (tertiary/aromatic N) is 1. The number of aliphatic hydroxyl groups is 2. The number of pyridine rings is 1. The van der Waals surface area contributed by atoms with Crippen LogP contribution in [0.15, 0.2) is 48.5 Å². The third-order valence-electron chi connectivity index (χ3n) is 6.01. The first-order valence-electron chi connectivity index (χ1n) is 11.2. The van der Waals surface area contributed by atoms with Gasteiger partial charge < -0.3 is 14.9 Å². The third-order valence-corrected chi connectivity index (χ3v) is 6.01. The SMILES string of the molecule is COC(=O)C[C@H](O)C[C@H](O)/C=C/c1c(C2CC2)nc2c(C)cccc2c1-c1ccc(F)cc1. The predicted octanol–water partition coefficient (Wildman–Crippen LogP) is 4.91. The van der Waals surface area contributed by atoms with Crippen LogP contribution >= 0.6 is 0 Å². The van der Waals surface area contributed by atoms with Crippen LogP contribution in [0.25, 0.3) is 28.1 Å². The summed E-state index contributed by atoms with van der Waals surface area (Å²) < 4.78 is 18.2. The maximum Gasteiger partial charge on any atom is 0.308 e. The van der Waals surface area contributed by atoms with Crippen molar-refractivity contribution in [1.29, 1.82) is 0 Å². The Labute approximate surface area is 192 Å². The van der Waals surface area contributed by atoms with Crippen molar-refractivity contribution in [2.24, 2.45) is 0 Å². The molecular formula is C27H28FNO4. The lowest BCUT2D eigenvalue weighted by Crippen LogP contribution is -2.20. The lowest BCUT2D eigenvalue weighted by atomic mass is 9.91. The van der Waals surface area contributed by atoms with E-state index in [0.717, 1.165) is 51.7 Å². The number of aryl methyl sites for hydroxylation is 1. The van der Waals surface area contributed by atoms with E-state index in [1.54, 1.807) is 18.2 Å². The molecule has 0 amide bonds. The van der Waals surface area contributed by atoms with E-state index < -0.39 is 18.2 Å². The molecule has 1 aromatic heterocycles. The summed E-state index contributed by atoms with van der Waals surface area (Å²) in [4.78, 5) is 16.4. The quantitative estimate of drug-likeness (QED) is 0.478. The molecule has 1 fully saturated rings. The van der Waals surface area contributed by atoms with Crippen LogP contribution in [0.5, 0.6) is 0 Å². The number of aliphatic hydroxyl groups excluding tert-OH is 2. The number of benzene rings is 2. The Kier molecular flexibility index (Phi) is 6.86. The molecule has 0 unspecified atom stereocenters. The number of fused-ring (bicyclic) bond motifs is 1. The Morgan fingerprint density at radius 3 is 2.61 bits per heavy atom. The highest BCUT2D eigenvalue weighted by molar-refractivity contribution is 6.00. The molecule has 0 saturated heterocycles. The van der Waals surface area contributed by atoms with Gasteiger partial charge in [0.05, 0.1) is 36.9 Å². The molecule has 1 aliphatic carbocycles. The molecule has 5 nitrogen and oxygen atoms in total. The molecule has 0 bridgehead atoms. The highest BCUT2D eigenvalue weighted by Gasteiger charge is 2.30. The van der Waals surface area contributed by atoms with E-state index in [-0.39, 0.29) is 18.7 Å². The number of carbonyl (C=O) groups excluding carboxylic acids is 1. The van der Waals surface area contributed by atoms with E-state index in [1.165, 1.54) is 19.2 Å². The van der Waals surface area contributed by atoms with Gasteiger partial charge in [-0.15, -0.1) is 0 Å². The van der Waals surface area contributed by atoms with Crippen molar-refractivity contribution in [3.8, 4) is 11.1 Å². The molecule has 4 rings (SSSR count). The van der Waals surface area contributed by atoms with Crippen LogP contribution in [-0.4, -0.2) is 40.5 Å². The number of aromatic nitrogens is 1. The zero-order chi connectivity index (χ0) is 23.5. The van der Waals surface area contributed by atoms with Crippen LogP contribution in [0.1, 0.15) is 48.4 Å². The van der Waals surface area contributed by atoms with E-state index in [4.69, 9.17) is 4.98 Å². The van der Waals surface area contributed by atoms with Gasteiger partial charge in [0.1, 0.15) is 5.82 Å². The number of esters is 1. The Hall–Kier alpha value is -3.09. The van der Waals surface area contributed by atoms with Crippen molar-refractivity contribution in [2.45, 2.75) is 50.7 Å². The second-order valence-electron chi connectivity index (χ2n) is 8.63. The topological polar surface area (TPSA) is 79.7 Å². The summed E-state index contributed by atoms with van der Waals surface area (Å²) in [5.41, 5.74) is 5.67. The minimum absolute atomic E-state index is 0.0103. The molecule has 1 saturated carbocycles. The lowest BCUT2D eigenvalue weighted by molar-refractivity contribution is -0.143. The maximum absolute atomic E-state index is 13.7. The van der Waals surface area contributed by atoms with Crippen molar-refractivity contribution in [2.75, 3.05) is 7.11 Å². The predicted molar refractivity (Wildman–Crippen MR) is 126 cm³/mol. The Bertz CT molecular complexity index is 1180. The van der Waals surface area contributed by atoms with E-state index in [9.17, 15) is 19.4 Å². The molecule has 2 N–H and O–H groups in total. The smallest absolute Gasteiger partial charge is 0.308 e. The van der Waals surface area contributed by atoms with Gasteiger partial charge >= 0.3 is 5.97 Å². The first-order valence-corrected chi connectivity index (χ1v) is 11.2. The fourth-order valence-electron chi connectivity index (χ4n) is 4.15. The molecule has 0 radical (unpaired) electrons.